The van der Waals surface area contributed by atoms with Gasteiger partial charge in [-0.05, 0) is 49.3 Å². The number of likely N-dealkylation sites (tertiary alicyclic amines) is 2. The summed E-state index contributed by atoms with van der Waals surface area (Å²) in [6, 6.07) is 5.56. The zero-order chi connectivity index (χ0) is 18.9. The lowest BCUT2D eigenvalue weighted by molar-refractivity contribution is -0.137. The van der Waals surface area contributed by atoms with E-state index in [-0.39, 0.29) is 17.2 Å². The molecule has 1 N–H and O–H groups in total. The van der Waals surface area contributed by atoms with Crippen LogP contribution in [0.25, 0.3) is 0 Å². The molecule has 2 fully saturated rings. The SMILES string of the molecule is COc1ccc(C)c(C(=O)N2CCC3(CC2)CC(O)CN(C(C)=O)C3)c1. The van der Waals surface area contributed by atoms with Gasteiger partial charge >= 0.3 is 0 Å². The van der Waals surface area contributed by atoms with Crippen molar-refractivity contribution in [2.75, 3.05) is 33.3 Å². The molecule has 1 unspecified atom stereocenters. The third kappa shape index (κ3) is 3.70. The van der Waals surface area contributed by atoms with Gasteiger partial charge in [0.15, 0.2) is 0 Å². The Labute approximate surface area is 154 Å². The first-order chi connectivity index (χ1) is 12.3. The lowest BCUT2D eigenvalue weighted by Gasteiger charge is -2.49. The molecule has 6 heteroatoms. The van der Waals surface area contributed by atoms with Crippen molar-refractivity contribution in [3.05, 3.63) is 29.3 Å². The fourth-order valence-electron chi connectivity index (χ4n) is 4.27. The zero-order valence-corrected chi connectivity index (χ0v) is 15.8. The number of aliphatic hydroxyl groups is 1. The van der Waals surface area contributed by atoms with Gasteiger partial charge in [0.1, 0.15) is 5.75 Å². The first kappa shape index (κ1) is 18.7. The van der Waals surface area contributed by atoms with E-state index in [4.69, 9.17) is 4.74 Å². The fraction of sp³-hybridized carbons (Fsp3) is 0.600. The third-order valence-electron chi connectivity index (χ3n) is 5.86. The number of piperidine rings is 2. The molecule has 0 aliphatic carbocycles. The van der Waals surface area contributed by atoms with Crippen molar-refractivity contribution < 1.29 is 19.4 Å². The number of carbonyl (C=O) groups is 2. The van der Waals surface area contributed by atoms with E-state index in [2.05, 4.69) is 0 Å². The Bertz CT molecular complexity index is 695. The number of carbonyl (C=O) groups excluding carboxylic acids is 2. The molecular formula is C20H28N2O4. The van der Waals surface area contributed by atoms with Crippen molar-refractivity contribution >= 4 is 11.8 Å². The number of methoxy groups -OCH3 is 1. The summed E-state index contributed by atoms with van der Waals surface area (Å²) in [5.74, 6) is 0.713. The van der Waals surface area contributed by atoms with Gasteiger partial charge in [-0.2, -0.15) is 0 Å². The number of β-amino-alcohol motifs (C(OH)–C–C–N with tert-alkyl or cyclic N) is 1. The maximum absolute atomic E-state index is 13.0. The van der Waals surface area contributed by atoms with Gasteiger partial charge in [0.2, 0.25) is 5.91 Å². The summed E-state index contributed by atoms with van der Waals surface area (Å²) in [6.45, 7) is 5.88. The maximum atomic E-state index is 13.0. The van der Waals surface area contributed by atoms with Crippen LogP contribution in [0.3, 0.4) is 0 Å². The van der Waals surface area contributed by atoms with E-state index in [0.717, 1.165) is 18.4 Å². The van der Waals surface area contributed by atoms with E-state index in [1.807, 2.05) is 24.0 Å². The van der Waals surface area contributed by atoms with Crippen molar-refractivity contribution in [2.24, 2.45) is 5.41 Å². The molecule has 3 rings (SSSR count). The fourth-order valence-corrected chi connectivity index (χ4v) is 4.27. The number of rotatable bonds is 2. The Morgan fingerprint density at radius 2 is 1.92 bits per heavy atom. The molecule has 2 aliphatic heterocycles. The molecule has 0 aromatic heterocycles. The van der Waals surface area contributed by atoms with Crippen LogP contribution in [0.15, 0.2) is 18.2 Å². The molecule has 1 spiro atoms. The minimum absolute atomic E-state index is 0.00800. The van der Waals surface area contributed by atoms with Crippen LogP contribution in [0.5, 0.6) is 5.75 Å². The number of ether oxygens (including phenoxy) is 1. The number of aryl methyl sites for hydroxylation is 1. The van der Waals surface area contributed by atoms with Crippen LogP contribution in [0.4, 0.5) is 0 Å². The summed E-state index contributed by atoms with van der Waals surface area (Å²) in [4.78, 5) is 28.3. The van der Waals surface area contributed by atoms with Crippen molar-refractivity contribution in [3.63, 3.8) is 0 Å². The molecule has 0 bridgehead atoms. The Morgan fingerprint density at radius 3 is 2.54 bits per heavy atom. The maximum Gasteiger partial charge on any atom is 0.254 e. The molecule has 0 saturated carbocycles. The standard InChI is InChI=1S/C20H28N2O4/c1-14-4-5-17(26-3)10-18(14)19(25)21-8-6-20(7-9-21)11-16(24)12-22(13-20)15(2)23/h4-5,10,16,24H,6-9,11-13H2,1-3H3. The Kier molecular flexibility index (Phi) is 5.23. The summed E-state index contributed by atoms with van der Waals surface area (Å²) >= 11 is 0. The van der Waals surface area contributed by atoms with Gasteiger partial charge < -0.3 is 19.6 Å². The van der Waals surface area contributed by atoms with Crippen LogP contribution in [0.1, 0.15) is 42.1 Å². The highest BCUT2D eigenvalue weighted by Gasteiger charge is 2.43. The molecular weight excluding hydrogens is 332 g/mol. The number of nitrogens with zero attached hydrogens (tertiary/aromatic N) is 2. The van der Waals surface area contributed by atoms with Gasteiger partial charge in [0.05, 0.1) is 13.2 Å². The molecule has 0 radical (unpaired) electrons. The number of hydrogen-bond donors (Lipinski definition) is 1. The number of aliphatic hydroxyl groups excluding tert-OH is 1. The van der Waals surface area contributed by atoms with E-state index in [9.17, 15) is 14.7 Å². The van der Waals surface area contributed by atoms with Gasteiger partial charge in [-0.15, -0.1) is 0 Å². The monoisotopic (exact) mass is 360 g/mol. The van der Waals surface area contributed by atoms with E-state index in [1.165, 1.54) is 0 Å². The summed E-state index contributed by atoms with van der Waals surface area (Å²) in [7, 11) is 1.60. The van der Waals surface area contributed by atoms with Crippen LogP contribution in [0, 0.1) is 12.3 Å². The van der Waals surface area contributed by atoms with Crippen LogP contribution in [-0.4, -0.2) is 66.1 Å². The van der Waals surface area contributed by atoms with Gasteiger partial charge in [0.25, 0.3) is 5.91 Å². The van der Waals surface area contributed by atoms with Crippen LogP contribution in [0.2, 0.25) is 0 Å². The quantitative estimate of drug-likeness (QED) is 0.874. The Hall–Kier alpha value is -2.08. The Morgan fingerprint density at radius 1 is 1.23 bits per heavy atom. The number of benzene rings is 1. The van der Waals surface area contributed by atoms with E-state index in [0.29, 0.717) is 43.9 Å². The molecule has 2 amide bonds. The van der Waals surface area contributed by atoms with E-state index >= 15 is 0 Å². The van der Waals surface area contributed by atoms with E-state index < -0.39 is 6.10 Å². The average Bonchev–Trinajstić information content (AvgIpc) is 2.61. The highest BCUT2D eigenvalue weighted by molar-refractivity contribution is 5.96. The molecule has 1 aromatic carbocycles. The molecule has 142 valence electrons. The second-order valence-corrected chi connectivity index (χ2v) is 7.73. The number of amides is 2. The topological polar surface area (TPSA) is 70.1 Å². The van der Waals surface area contributed by atoms with Crippen molar-refractivity contribution in [1.82, 2.24) is 9.80 Å². The lowest BCUT2D eigenvalue weighted by atomic mass is 9.71. The van der Waals surface area contributed by atoms with Crippen molar-refractivity contribution in [2.45, 2.75) is 39.2 Å². The van der Waals surface area contributed by atoms with Gasteiger partial charge in [0, 0.05) is 38.7 Å². The summed E-state index contributed by atoms with van der Waals surface area (Å²) in [5.41, 5.74) is 1.53. The van der Waals surface area contributed by atoms with E-state index in [1.54, 1.807) is 25.0 Å². The number of hydrogen-bond acceptors (Lipinski definition) is 4. The molecule has 1 atom stereocenters. The predicted molar refractivity (Wildman–Crippen MR) is 98.2 cm³/mol. The average molecular weight is 360 g/mol. The predicted octanol–water partition coefficient (Wildman–Crippen LogP) is 1.84. The minimum atomic E-state index is -0.476. The molecule has 26 heavy (non-hydrogen) atoms. The first-order valence-electron chi connectivity index (χ1n) is 9.21. The lowest BCUT2D eigenvalue weighted by Crippen LogP contribution is -2.55. The van der Waals surface area contributed by atoms with Crippen molar-refractivity contribution in [3.8, 4) is 5.75 Å². The summed E-state index contributed by atoms with van der Waals surface area (Å²) in [6.07, 6.45) is 1.85. The van der Waals surface area contributed by atoms with Gasteiger partial charge in [-0.3, -0.25) is 9.59 Å². The molecule has 2 heterocycles. The summed E-state index contributed by atoms with van der Waals surface area (Å²) in [5, 5.41) is 10.2. The highest BCUT2D eigenvalue weighted by Crippen LogP contribution is 2.40. The third-order valence-corrected chi connectivity index (χ3v) is 5.86. The van der Waals surface area contributed by atoms with Crippen LogP contribution in [-0.2, 0) is 4.79 Å². The van der Waals surface area contributed by atoms with Crippen LogP contribution < -0.4 is 4.74 Å². The highest BCUT2D eigenvalue weighted by atomic mass is 16.5. The zero-order valence-electron chi connectivity index (χ0n) is 15.8. The second-order valence-electron chi connectivity index (χ2n) is 7.73. The normalized spacial score (nSPS) is 22.4. The van der Waals surface area contributed by atoms with Crippen LogP contribution >= 0.6 is 0 Å². The molecule has 2 aliphatic rings. The smallest absolute Gasteiger partial charge is 0.254 e. The summed E-state index contributed by atoms with van der Waals surface area (Å²) < 4.78 is 5.25. The molecule has 1 aromatic rings. The molecule has 2 saturated heterocycles. The van der Waals surface area contributed by atoms with Gasteiger partial charge in [-0.1, -0.05) is 6.07 Å². The van der Waals surface area contributed by atoms with Crippen molar-refractivity contribution in [1.29, 1.82) is 0 Å². The Balaban J connectivity index is 1.70. The second kappa shape index (κ2) is 7.27. The largest absolute Gasteiger partial charge is 0.497 e. The first-order valence-corrected chi connectivity index (χ1v) is 9.21. The minimum Gasteiger partial charge on any atom is -0.497 e. The molecule has 6 nitrogen and oxygen atoms in total. The van der Waals surface area contributed by atoms with Gasteiger partial charge in [-0.25, -0.2) is 0 Å².